The lowest BCUT2D eigenvalue weighted by Gasteiger charge is -2.08. The lowest BCUT2D eigenvalue weighted by atomic mass is 10.1. The van der Waals surface area contributed by atoms with Crippen LogP contribution in [0.5, 0.6) is 5.75 Å². The van der Waals surface area contributed by atoms with Crippen molar-refractivity contribution in [1.82, 2.24) is 4.73 Å². The summed E-state index contributed by atoms with van der Waals surface area (Å²) in [5, 5.41) is 19.6. The van der Waals surface area contributed by atoms with Gasteiger partial charge in [0.1, 0.15) is 18.4 Å². The average molecular weight is 326 g/mol. The number of hydrogen-bond donors (Lipinski definition) is 3. The zero-order chi connectivity index (χ0) is 17.1. The van der Waals surface area contributed by atoms with Gasteiger partial charge in [0.25, 0.3) is 0 Å². The van der Waals surface area contributed by atoms with Crippen molar-refractivity contribution in [3.05, 3.63) is 65.9 Å². The van der Waals surface area contributed by atoms with Gasteiger partial charge in [-0.2, -0.15) is 4.73 Å². The van der Waals surface area contributed by atoms with E-state index in [9.17, 15) is 10.0 Å². The van der Waals surface area contributed by atoms with Crippen molar-refractivity contribution in [3.8, 4) is 5.75 Å². The van der Waals surface area contributed by atoms with Gasteiger partial charge in [0.2, 0.25) is 0 Å². The number of rotatable bonds is 6. The first-order chi connectivity index (χ1) is 11.5. The van der Waals surface area contributed by atoms with E-state index in [0.29, 0.717) is 23.4 Å². The van der Waals surface area contributed by atoms with Crippen molar-refractivity contribution in [2.45, 2.75) is 19.1 Å². The molecule has 124 valence electrons. The van der Waals surface area contributed by atoms with E-state index < -0.39 is 12.0 Å². The molecule has 6 nitrogen and oxygen atoms in total. The number of nitrogens with two attached hydrogens (primary N) is 1. The Bertz CT molecular complexity index is 858. The number of aliphatic carboxylic acids is 1. The summed E-state index contributed by atoms with van der Waals surface area (Å²) < 4.78 is 6.75. The van der Waals surface area contributed by atoms with Crippen LogP contribution in [0.1, 0.15) is 11.1 Å². The fourth-order valence-electron chi connectivity index (χ4n) is 2.58. The molecule has 2 aromatic carbocycles. The van der Waals surface area contributed by atoms with Crippen molar-refractivity contribution < 1.29 is 19.8 Å². The Morgan fingerprint density at radius 2 is 1.96 bits per heavy atom. The average Bonchev–Trinajstić information content (AvgIpc) is 2.89. The topological polar surface area (TPSA) is 97.7 Å². The van der Waals surface area contributed by atoms with E-state index >= 15 is 0 Å². The summed E-state index contributed by atoms with van der Waals surface area (Å²) >= 11 is 0. The quantitative estimate of drug-likeness (QED) is 0.604. The van der Waals surface area contributed by atoms with Gasteiger partial charge < -0.3 is 20.8 Å². The van der Waals surface area contributed by atoms with Crippen LogP contribution >= 0.6 is 0 Å². The molecule has 3 aromatic rings. The Morgan fingerprint density at radius 3 is 2.67 bits per heavy atom. The molecule has 6 heteroatoms. The first-order valence-electron chi connectivity index (χ1n) is 7.53. The fraction of sp³-hybridized carbons (Fsp3) is 0.167. The number of fused-ring (bicyclic) bond motifs is 1. The van der Waals surface area contributed by atoms with E-state index in [1.807, 2.05) is 30.3 Å². The Kier molecular flexibility index (Phi) is 4.39. The summed E-state index contributed by atoms with van der Waals surface area (Å²) in [7, 11) is 0. The molecule has 0 saturated heterocycles. The van der Waals surface area contributed by atoms with Crippen molar-refractivity contribution in [1.29, 1.82) is 0 Å². The maximum atomic E-state index is 11.0. The van der Waals surface area contributed by atoms with Crippen LogP contribution in [-0.4, -0.2) is 27.1 Å². The summed E-state index contributed by atoms with van der Waals surface area (Å²) in [6.07, 6.45) is 1.61. The Morgan fingerprint density at radius 1 is 1.21 bits per heavy atom. The molecule has 0 saturated carbocycles. The smallest absolute Gasteiger partial charge is 0.320 e. The molecule has 0 bridgehead atoms. The third-order valence-electron chi connectivity index (χ3n) is 3.84. The largest absolute Gasteiger partial charge is 0.489 e. The molecule has 1 atom stereocenters. The molecule has 4 N–H and O–H groups in total. The zero-order valence-electron chi connectivity index (χ0n) is 12.9. The molecule has 3 rings (SSSR count). The second-order valence-electron chi connectivity index (χ2n) is 5.60. The molecule has 0 amide bonds. The van der Waals surface area contributed by atoms with E-state index in [0.717, 1.165) is 15.7 Å². The minimum Gasteiger partial charge on any atom is -0.489 e. The molecule has 0 spiro atoms. The normalized spacial score (nSPS) is 12.2. The Balaban J connectivity index is 1.84. The van der Waals surface area contributed by atoms with Crippen LogP contribution in [0.25, 0.3) is 10.9 Å². The van der Waals surface area contributed by atoms with E-state index in [2.05, 4.69) is 0 Å². The molecule has 0 fully saturated rings. The summed E-state index contributed by atoms with van der Waals surface area (Å²) in [4.78, 5) is 11.0. The number of ether oxygens (including phenoxy) is 1. The number of aromatic nitrogens is 1. The maximum Gasteiger partial charge on any atom is 0.320 e. The minimum atomic E-state index is -1.08. The number of benzene rings is 2. The van der Waals surface area contributed by atoms with Crippen LogP contribution in [-0.2, 0) is 17.8 Å². The molecule has 0 aliphatic heterocycles. The highest BCUT2D eigenvalue weighted by Crippen LogP contribution is 2.26. The molecular formula is C18H18N2O4. The molecule has 1 heterocycles. The molecule has 1 unspecified atom stereocenters. The summed E-state index contributed by atoms with van der Waals surface area (Å²) in [5.41, 5.74) is 7.88. The highest BCUT2D eigenvalue weighted by Gasteiger charge is 2.17. The third kappa shape index (κ3) is 3.33. The van der Waals surface area contributed by atoms with E-state index in [-0.39, 0.29) is 6.42 Å². The van der Waals surface area contributed by atoms with Crippen LogP contribution in [0.15, 0.2) is 54.7 Å². The number of carboxylic acids is 1. The lowest BCUT2D eigenvalue weighted by molar-refractivity contribution is -0.138. The number of hydrogen-bond acceptors (Lipinski definition) is 4. The zero-order valence-corrected chi connectivity index (χ0v) is 12.9. The first-order valence-corrected chi connectivity index (χ1v) is 7.53. The van der Waals surface area contributed by atoms with E-state index in [1.54, 1.807) is 18.2 Å². The van der Waals surface area contributed by atoms with Crippen molar-refractivity contribution in [2.24, 2.45) is 5.73 Å². The summed E-state index contributed by atoms with van der Waals surface area (Å²) in [6.45, 7) is 0.427. The third-order valence-corrected chi connectivity index (χ3v) is 3.84. The number of carboxylic acid groups (broad SMARTS) is 1. The molecule has 24 heavy (non-hydrogen) atoms. The second-order valence-corrected chi connectivity index (χ2v) is 5.60. The van der Waals surface area contributed by atoms with Gasteiger partial charge in [-0.1, -0.05) is 30.3 Å². The molecular weight excluding hydrogens is 308 g/mol. The minimum absolute atomic E-state index is 0.127. The van der Waals surface area contributed by atoms with Gasteiger partial charge >= 0.3 is 5.97 Å². The van der Waals surface area contributed by atoms with Gasteiger partial charge in [0.05, 0.1) is 5.52 Å². The van der Waals surface area contributed by atoms with Gasteiger partial charge in [-0.25, -0.2) is 0 Å². The highest BCUT2D eigenvalue weighted by molar-refractivity contribution is 5.86. The lowest BCUT2D eigenvalue weighted by Crippen LogP contribution is -2.32. The molecule has 1 aromatic heterocycles. The number of carbonyl (C=O) groups is 1. The van der Waals surface area contributed by atoms with Crippen LogP contribution in [0, 0.1) is 0 Å². The fourth-order valence-corrected chi connectivity index (χ4v) is 2.58. The second kappa shape index (κ2) is 6.64. The Labute approximate surface area is 138 Å². The summed E-state index contributed by atoms with van der Waals surface area (Å²) in [5.74, 6) is -0.437. The number of nitrogens with zero attached hydrogens (tertiary/aromatic N) is 1. The van der Waals surface area contributed by atoms with E-state index in [1.165, 1.54) is 6.20 Å². The van der Waals surface area contributed by atoms with Crippen molar-refractivity contribution in [2.75, 3.05) is 0 Å². The Hall–Kier alpha value is -2.99. The molecule has 0 aliphatic carbocycles. The maximum absolute atomic E-state index is 11.0. The predicted molar refractivity (Wildman–Crippen MR) is 89.2 cm³/mol. The van der Waals surface area contributed by atoms with E-state index in [4.69, 9.17) is 15.6 Å². The molecule has 0 aliphatic rings. The van der Waals surface area contributed by atoms with Crippen LogP contribution in [0.3, 0.4) is 0 Å². The standard InChI is InChI=1S/C18H18N2O4/c19-16(18(21)22)8-13-10-20(23)17-7-6-14(9-15(13)17)24-11-12-4-2-1-3-5-12/h1-7,9-10,16,23H,8,11,19H2,(H,21,22). The van der Waals surface area contributed by atoms with Gasteiger partial charge in [-0.15, -0.1) is 0 Å². The van der Waals surface area contributed by atoms with Crippen LogP contribution < -0.4 is 10.5 Å². The SMILES string of the molecule is NC(Cc1cn(O)c2ccc(OCc3ccccc3)cc12)C(=O)O. The van der Waals surface area contributed by atoms with Crippen LogP contribution in [0.2, 0.25) is 0 Å². The summed E-state index contributed by atoms with van der Waals surface area (Å²) in [6, 6.07) is 14.0. The van der Waals surface area contributed by atoms with Gasteiger partial charge in [-0.05, 0) is 29.3 Å². The van der Waals surface area contributed by atoms with Crippen molar-refractivity contribution >= 4 is 16.9 Å². The predicted octanol–water partition coefficient (Wildman–Crippen LogP) is 2.41. The molecule has 0 radical (unpaired) electrons. The van der Waals surface area contributed by atoms with Gasteiger partial charge in [0, 0.05) is 18.0 Å². The van der Waals surface area contributed by atoms with Gasteiger partial charge in [-0.3, -0.25) is 4.79 Å². The van der Waals surface area contributed by atoms with Crippen LogP contribution in [0.4, 0.5) is 0 Å². The highest BCUT2D eigenvalue weighted by atomic mass is 16.5. The monoisotopic (exact) mass is 326 g/mol. The van der Waals surface area contributed by atoms with Gasteiger partial charge in [0.15, 0.2) is 0 Å². The van der Waals surface area contributed by atoms with Crippen molar-refractivity contribution in [3.63, 3.8) is 0 Å². The first kappa shape index (κ1) is 15.9.